The zero-order chi connectivity index (χ0) is 16.9. The summed E-state index contributed by atoms with van der Waals surface area (Å²) in [4.78, 5) is 28.4. The number of para-hydroxylation sites is 1. The number of hydrogen-bond donors (Lipinski definition) is 1. The Balaban J connectivity index is 1.88. The number of amides is 3. The number of hydrogen-bond acceptors (Lipinski definition) is 2. The minimum absolute atomic E-state index is 0.00619. The molecule has 0 atom stereocenters. The molecule has 0 unspecified atom stereocenters. The third-order valence-corrected chi connectivity index (χ3v) is 3.84. The molecule has 1 aromatic rings. The van der Waals surface area contributed by atoms with Crippen molar-refractivity contribution in [1.29, 1.82) is 0 Å². The molecule has 1 N–H and O–H groups in total. The highest BCUT2D eigenvalue weighted by molar-refractivity contribution is 5.89. The van der Waals surface area contributed by atoms with Crippen LogP contribution in [0.5, 0.6) is 0 Å². The standard InChI is InChI=1S/C18H27N3O2/c1-18(2,3)14-16(22)20-10-7-11-21(13-12-20)17(23)19-15-8-5-4-6-9-15/h4-6,8-9H,7,10-14H2,1-3H3,(H,19,23). The molecule has 0 spiro atoms. The van der Waals surface area contributed by atoms with E-state index >= 15 is 0 Å². The second kappa shape index (κ2) is 7.49. The first-order chi connectivity index (χ1) is 10.8. The molecule has 1 aromatic carbocycles. The molecule has 5 nitrogen and oxygen atoms in total. The minimum Gasteiger partial charge on any atom is -0.341 e. The fraction of sp³-hybridized carbons (Fsp3) is 0.556. The summed E-state index contributed by atoms with van der Waals surface area (Å²) in [6, 6.07) is 9.35. The molecule has 0 bridgehead atoms. The largest absolute Gasteiger partial charge is 0.341 e. The van der Waals surface area contributed by atoms with E-state index in [1.807, 2.05) is 35.2 Å². The van der Waals surface area contributed by atoms with Gasteiger partial charge in [-0.2, -0.15) is 0 Å². The van der Waals surface area contributed by atoms with Crippen LogP contribution in [-0.4, -0.2) is 47.9 Å². The normalized spacial score (nSPS) is 16.0. The Morgan fingerprint density at radius 1 is 1.00 bits per heavy atom. The van der Waals surface area contributed by atoms with Crippen molar-refractivity contribution < 1.29 is 9.59 Å². The quantitative estimate of drug-likeness (QED) is 0.911. The highest BCUT2D eigenvalue weighted by Crippen LogP contribution is 2.20. The smallest absolute Gasteiger partial charge is 0.321 e. The monoisotopic (exact) mass is 317 g/mol. The van der Waals surface area contributed by atoms with Crippen LogP contribution in [0, 0.1) is 5.41 Å². The van der Waals surface area contributed by atoms with Crippen LogP contribution in [0.1, 0.15) is 33.6 Å². The van der Waals surface area contributed by atoms with Crippen molar-refractivity contribution in [2.75, 3.05) is 31.5 Å². The van der Waals surface area contributed by atoms with Gasteiger partial charge in [0.1, 0.15) is 0 Å². The third kappa shape index (κ3) is 5.58. The van der Waals surface area contributed by atoms with Gasteiger partial charge in [0.05, 0.1) is 0 Å². The van der Waals surface area contributed by atoms with E-state index in [2.05, 4.69) is 26.1 Å². The van der Waals surface area contributed by atoms with Crippen molar-refractivity contribution in [3.05, 3.63) is 30.3 Å². The number of benzene rings is 1. The summed E-state index contributed by atoms with van der Waals surface area (Å²) < 4.78 is 0. The molecule has 126 valence electrons. The van der Waals surface area contributed by atoms with Gasteiger partial charge in [-0.05, 0) is 24.0 Å². The van der Waals surface area contributed by atoms with Gasteiger partial charge in [0.25, 0.3) is 0 Å². The van der Waals surface area contributed by atoms with Gasteiger partial charge in [-0.3, -0.25) is 4.79 Å². The maximum absolute atomic E-state index is 12.3. The summed E-state index contributed by atoms with van der Waals surface area (Å²) >= 11 is 0. The lowest BCUT2D eigenvalue weighted by molar-refractivity contribution is -0.132. The van der Waals surface area contributed by atoms with Crippen LogP contribution in [0.15, 0.2) is 30.3 Å². The van der Waals surface area contributed by atoms with E-state index in [1.54, 1.807) is 4.90 Å². The van der Waals surface area contributed by atoms with E-state index in [-0.39, 0.29) is 17.4 Å². The van der Waals surface area contributed by atoms with E-state index in [9.17, 15) is 9.59 Å². The average Bonchev–Trinajstić information content (AvgIpc) is 2.72. The minimum atomic E-state index is -0.0960. The summed E-state index contributed by atoms with van der Waals surface area (Å²) in [5.74, 6) is 0.183. The van der Waals surface area contributed by atoms with Crippen molar-refractivity contribution >= 4 is 17.6 Å². The maximum atomic E-state index is 12.3. The van der Waals surface area contributed by atoms with Crippen LogP contribution in [-0.2, 0) is 4.79 Å². The van der Waals surface area contributed by atoms with Crippen molar-refractivity contribution in [3.8, 4) is 0 Å². The van der Waals surface area contributed by atoms with E-state index in [0.29, 0.717) is 26.1 Å². The summed E-state index contributed by atoms with van der Waals surface area (Å²) in [5.41, 5.74) is 0.788. The molecule has 0 aromatic heterocycles. The molecule has 5 heteroatoms. The molecule has 1 saturated heterocycles. The highest BCUT2D eigenvalue weighted by Gasteiger charge is 2.25. The molecule has 2 rings (SSSR count). The molecule has 1 heterocycles. The van der Waals surface area contributed by atoms with Crippen LogP contribution < -0.4 is 5.32 Å². The number of nitrogens with zero attached hydrogens (tertiary/aromatic N) is 2. The predicted molar refractivity (Wildman–Crippen MR) is 92.3 cm³/mol. The fourth-order valence-electron chi connectivity index (χ4n) is 2.66. The summed E-state index contributed by atoms with van der Waals surface area (Å²) in [6.07, 6.45) is 1.36. The lowest BCUT2D eigenvalue weighted by Crippen LogP contribution is -2.40. The molecular formula is C18H27N3O2. The van der Waals surface area contributed by atoms with Crippen molar-refractivity contribution in [1.82, 2.24) is 9.80 Å². The average molecular weight is 317 g/mol. The number of urea groups is 1. The summed E-state index contributed by atoms with van der Waals surface area (Å²) in [6.45, 7) is 8.81. The first kappa shape index (κ1) is 17.3. The Kier molecular flexibility index (Phi) is 5.64. The zero-order valence-corrected chi connectivity index (χ0v) is 14.3. The van der Waals surface area contributed by atoms with Gasteiger partial charge in [0.2, 0.25) is 5.91 Å². The van der Waals surface area contributed by atoms with Gasteiger partial charge in [0.15, 0.2) is 0 Å². The van der Waals surface area contributed by atoms with E-state index < -0.39 is 0 Å². The molecule has 0 saturated carbocycles. The lowest BCUT2D eigenvalue weighted by atomic mass is 9.91. The Hall–Kier alpha value is -2.04. The summed E-state index contributed by atoms with van der Waals surface area (Å²) in [7, 11) is 0. The lowest BCUT2D eigenvalue weighted by Gasteiger charge is -2.25. The zero-order valence-electron chi connectivity index (χ0n) is 14.3. The molecule has 1 fully saturated rings. The Morgan fingerprint density at radius 2 is 1.61 bits per heavy atom. The molecular weight excluding hydrogens is 290 g/mol. The molecule has 3 amide bonds. The van der Waals surface area contributed by atoms with Crippen LogP contribution in [0.3, 0.4) is 0 Å². The first-order valence-electron chi connectivity index (χ1n) is 8.24. The fourth-order valence-corrected chi connectivity index (χ4v) is 2.66. The van der Waals surface area contributed by atoms with Crippen molar-refractivity contribution in [2.45, 2.75) is 33.6 Å². The third-order valence-electron chi connectivity index (χ3n) is 3.84. The molecule has 1 aliphatic heterocycles. The molecule has 23 heavy (non-hydrogen) atoms. The second-order valence-corrected chi connectivity index (χ2v) is 7.26. The Labute approximate surface area is 138 Å². The number of rotatable bonds is 2. The predicted octanol–water partition coefficient (Wildman–Crippen LogP) is 3.19. The van der Waals surface area contributed by atoms with E-state index in [0.717, 1.165) is 18.7 Å². The van der Waals surface area contributed by atoms with Crippen LogP contribution >= 0.6 is 0 Å². The number of nitrogens with one attached hydrogen (secondary N) is 1. The van der Waals surface area contributed by atoms with Crippen LogP contribution in [0.2, 0.25) is 0 Å². The van der Waals surface area contributed by atoms with Gasteiger partial charge in [-0.25, -0.2) is 4.79 Å². The maximum Gasteiger partial charge on any atom is 0.321 e. The Morgan fingerprint density at radius 3 is 2.26 bits per heavy atom. The van der Waals surface area contributed by atoms with Crippen LogP contribution in [0.4, 0.5) is 10.5 Å². The van der Waals surface area contributed by atoms with Gasteiger partial charge >= 0.3 is 6.03 Å². The highest BCUT2D eigenvalue weighted by atomic mass is 16.2. The number of carbonyl (C=O) groups excluding carboxylic acids is 2. The van der Waals surface area contributed by atoms with Crippen molar-refractivity contribution in [3.63, 3.8) is 0 Å². The van der Waals surface area contributed by atoms with Crippen LogP contribution in [0.25, 0.3) is 0 Å². The van der Waals surface area contributed by atoms with Crippen molar-refractivity contribution in [2.24, 2.45) is 5.41 Å². The topological polar surface area (TPSA) is 52.7 Å². The first-order valence-corrected chi connectivity index (χ1v) is 8.24. The SMILES string of the molecule is CC(C)(C)CC(=O)N1CCCN(C(=O)Nc2ccccc2)CC1. The van der Waals surface area contributed by atoms with E-state index in [1.165, 1.54) is 0 Å². The van der Waals surface area contributed by atoms with Gasteiger partial charge in [0, 0.05) is 38.3 Å². The van der Waals surface area contributed by atoms with Gasteiger partial charge < -0.3 is 15.1 Å². The molecule has 0 aliphatic carbocycles. The number of anilines is 1. The van der Waals surface area contributed by atoms with Gasteiger partial charge in [-0.15, -0.1) is 0 Å². The number of carbonyl (C=O) groups is 2. The summed E-state index contributed by atoms with van der Waals surface area (Å²) in [5, 5.41) is 2.91. The Bertz CT molecular complexity index is 537. The van der Waals surface area contributed by atoms with E-state index in [4.69, 9.17) is 0 Å². The van der Waals surface area contributed by atoms with Gasteiger partial charge in [-0.1, -0.05) is 39.0 Å². The molecule has 1 aliphatic rings. The molecule has 0 radical (unpaired) electrons. The second-order valence-electron chi connectivity index (χ2n) is 7.26.